The van der Waals surface area contributed by atoms with E-state index in [0.717, 1.165) is 32.5 Å². The SMILES string of the molecule is CCC1CN(C2=CC(=O)CC2)CCO1. The van der Waals surface area contributed by atoms with Crippen LogP contribution in [0.3, 0.4) is 0 Å². The Hall–Kier alpha value is -0.830. The normalized spacial score (nSPS) is 28.1. The number of hydrogen-bond donors (Lipinski definition) is 0. The Morgan fingerprint density at radius 1 is 1.57 bits per heavy atom. The monoisotopic (exact) mass is 195 g/mol. The fourth-order valence-corrected chi connectivity index (χ4v) is 2.06. The lowest BCUT2D eigenvalue weighted by Gasteiger charge is -2.34. The van der Waals surface area contributed by atoms with Crippen molar-refractivity contribution in [2.24, 2.45) is 0 Å². The lowest BCUT2D eigenvalue weighted by atomic mass is 10.2. The first-order chi connectivity index (χ1) is 6.79. The highest BCUT2D eigenvalue weighted by Gasteiger charge is 2.23. The van der Waals surface area contributed by atoms with E-state index in [2.05, 4.69) is 11.8 Å². The van der Waals surface area contributed by atoms with E-state index in [9.17, 15) is 4.79 Å². The van der Waals surface area contributed by atoms with E-state index in [-0.39, 0.29) is 5.78 Å². The number of carbonyl (C=O) groups excluding carboxylic acids is 1. The van der Waals surface area contributed by atoms with Crippen molar-refractivity contribution in [2.75, 3.05) is 19.7 Å². The van der Waals surface area contributed by atoms with E-state index in [4.69, 9.17) is 4.74 Å². The van der Waals surface area contributed by atoms with Crippen LogP contribution in [0.1, 0.15) is 26.2 Å². The Morgan fingerprint density at radius 3 is 3.07 bits per heavy atom. The summed E-state index contributed by atoms with van der Waals surface area (Å²) in [5, 5.41) is 0. The minimum atomic E-state index is 0.277. The topological polar surface area (TPSA) is 29.5 Å². The molecule has 0 aromatic carbocycles. The summed E-state index contributed by atoms with van der Waals surface area (Å²) in [4.78, 5) is 13.4. The first-order valence-electron chi connectivity index (χ1n) is 5.39. The third-order valence-corrected chi connectivity index (χ3v) is 2.96. The third kappa shape index (κ3) is 1.98. The van der Waals surface area contributed by atoms with Crippen molar-refractivity contribution in [2.45, 2.75) is 32.3 Å². The van der Waals surface area contributed by atoms with Crippen molar-refractivity contribution in [1.82, 2.24) is 4.90 Å². The molecule has 1 aliphatic heterocycles. The first kappa shape index (κ1) is 9.71. The largest absolute Gasteiger partial charge is 0.375 e. The number of carbonyl (C=O) groups is 1. The van der Waals surface area contributed by atoms with Gasteiger partial charge in [-0.3, -0.25) is 4.79 Å². The number of allylic oxidation sites excluding steroid dienone is 2. The van der Waals surface area contributed by atoms with Crippen LogP contribution in [0.4, 0.5) is 0 Å². The molecule has 14 heavy (non-hydrogen) atoms. The Morgan fingerprint density at radius 2 is 2.43 bits per heavy atom. The molecule has 1 aliphatic carbocycles. The lowest BCUT2D eigenvalue weighted by Crippen LogP contribution is -2.41. The maximum absolute atomic E-state index is 11.1. The van der Waals surface area contributed by atoms with Crippen LogP contribution >= 0.6 is 0 Å². The van der Waals surface area contributed by atoms with E-state index in [1.165, 1.54) is 5.70 Å². The molecule has 78 valence electrons. The first-order valence-corrected chi connectivity index (χ1v) is 5.39. The fourth-order valence-electron chi connectivity index (χ4n) is 2.06. The average Bonchev–Trinajstić information content (AvgIpc) is 2.65. The van der Waals surface area contributed by atoms with Crippen molar-refractivity contribution in [3.63, 3.8) is 0 Å². The van der Waals surface area contributed by atoms with Crippen molar-refractivity contribution in [1.29, 1.82) is 0 Å². The van der Waals surface area contributed by atoms with Gasteiger partial charge in [-0.25, -0.2) is 0 Å². The fraction of sp³-hybridized carbons (Fsp3) is 0.727. The summed E-state index contributed by atoms with van der Waals surface area (Å²) in [6.07, 6.45) is 4.83. The zero-order valence-electron chi connectivity index (χ0n) is 8.66. The standard InChI is InChI=1S/C11H17NO2/c1-2-11-8-12(5-6-14-11)9-3-4-10(13)7-9/h7,11H,2-6,8H2,1H3. The van der Waals surface area contributed by atoms with Gasteiger partial charge in [0.25, 0.3) is 0 Å². The highest BCUT2D eigenvalue weighted by molar-refractivity contribution is 5.92. The van der Waals surface area contributed by atoms with Crippen LogP contribution in [0, 0.1) is 0 Å². The number of ketones is 1. The second kappa shape index (κ2) is 4.13. The molecule has 3 heteroatoms. The van der Waals surface area contributed by atoms with Gasteiger partial charge in [0.05, 0.1) is 12.7 Å². The van der Waals surface area contributed by atoms with E-state index in [1.807, 2.05) is 0 Å². The van der Waals surface area contributed by atoms with Crippen LogP contribution in [0.15, 0.2) is 11.8 Å². The van der Waals surface area contributed by atoms with Gasteiger partial charge in [0.1, 0.15) is 0 Å². The van der Waals surface area contributed by atoms with Gasteiger partial charge >= 0.3 is 0 Å². The highest BCUT2D eigenvalue weighted by Crippen LogP contribution is 2.22. The van der Waals surface area contributed by atoms with E-state index >= 15 is 0 Å². The predicted molar refractivity (Wildman–Crippen MR) is 53.9 cm³/mol. The summed E-state index contributed by atoms with van der Waals surface area (Å²) in [5.41, 5.74) is 1.22. The summed E-state index contributed by atoms with van der Waals surface area (Å²) in [7, 11) is 0. The van der Waals surface area contributed by atoms with Gasteiger partial charge in [0.2, 0.25) is 0 Å². The Bertz CT molecular complexity index is 260. The maximum Gasteiger partial charge on any atom is 0.157 e. The van der Waals surface area contributed by atoms with E-state index in [0.29, 0.717) is 12.5 Å². The molecule has 1 saturated heterocycles. The number of rotatable bonds is 2. The minimum absolute atomic E-state index is 0.277. The molecule has 0 bridgehead atoms. The smallest absolute Gasteiger partial charge is 0.157 e. The maximum atomic E-state index is 11.1. The predicted octanol–water partition coefficient (Wildman–Crippen LogP) is 1.34. The molecule has 2 rings (SSSR count). The van der Waals surface area contributed by atoms with Gasteiger partial charge in [0, 0.05) is 31.3 Å². The van der Waals surface area contributed by atoms with Gasteiger partial charge in [0.15, 0.2) is 5.78 Å². The van der Waals surface area contributed by atoms with Crippen molar-refractivity contribution < 1.29 is 9.53 Å². The van der Waals surface area contributed by atoms with Crippen LogP contribution in [-0.4, -0.2) is 36.5 Å². The highest BCUT2D eigenvalue weighted by atomic mass is 16.5. The van der Waals surface area contributed by atoms with Crippen molar-refractivity contribution in [3.05, 3.63) is 11.8 Å². The summed E-state index contributed by atoms with van der Waals surface area (Å²) < 4.78 is 5.59. The molecule has 1 heterocycles. The van der Waals surface area contributed by atoms with Gasteiger partial charge in [-0.2, -0.15) is 0 Å². The van der Waals surface area contributed by atoms with Gasteiger partial charge < -0.3 is 9.64 Å². The molecule has 1 unspecified atom stereocenters. The molecule has 0 N–H and O–H groups in total. The van der Waals surface area contributed by atoms with Crippen LogP contribution in [-0.2, 0) is 9.53 Å². The molecule has 0 spiro atoms. The van der Waals surface area contributed by atoms with Crippen LogP contribution in [0.5, 0.6) is 0 Å². The van der Waals surface area contributed by atoms with Crippen LogP contribution in [0.25, 0.3) is 0 Å². The number of morpholine rings is 1. The summed E-state index contributed by atoms with van der Waals surface area (Å²) in [6.45, 7) is 4.83. The van der Waals surface area contributed by atoms with Gasteiger partial charge in [-0.15, -0.1) is 0 Å². The average molecular weight is 195 g/mol. The molecular weight excluding hydrogens is 178 g/mol. The zero-order chi connectivity index (χ0) is 9.97. The molecule has 0 amide bonds. The number of nitrogens with zero attached hydrogens (tertiary/aromatic N) is 1. The summed E-state index contributed by atoms with van der Waals surface area (Å²) >= 11 is 0. The van der Waals surface area contributed by atoms with Crippen LogP contribution in [0.2, 0.25) is 0 Å². The van der Waals surface area contributed by atoms with E-state index < -0.39 is 0 Å². The van der Waals surface area contributed by atoms with E-state index in [1.54, 1.807) is 6.08 Å². The summed E-state index contributed by atoms with van der Waals surface area (Å²) in [6, 6.07) is 0. The Kier molecular flexibility index (Phi) is 2.87. The molecule has 1 atom stereocenters. The van der Waals surface area contributed by atoms with Gasteiger partial charge in [-0.1, -0.05) is 6.92 Å². The summed E-state index contributed by atoms with van der Waals surface area (Å²) in [5.74, 6) is 0.277. The lowest BCUT2D eigenvalue weighted by molar-refractivity contribution is -0.114. The Labute approximate surface area is 84.7 Å². The molecule has 0 aromatic rings. The molecule has 2 aliphatic rings. The number of hydrogen-bond acceptors (Lipinski definition) is 3. The van der Waals surface area contributed by atoms with Crippen molar-refractivity contribution in [3.8, 4) is 0 Å². The molecule has 0 aromatic heterocycles. The molecule has 1 fully saturated rings. The van der Waals surface area contributed by atoms with Gasteiger partial charge in [-0.05, 0) is 12.8 Å². The Balaban J connectivity index is 1.97. The quantitative estimate of drug-likeness (QED) is 0.666. The van der Waals surface area contributed by atoms with Crippen LogP contribution < -0.4 is 0 Å². The number of ether oxygens (including phenoxy) is 1. The molecule has 0 saturated carbocycles. The molecule has 0 radical (unpaired) electrons. The van der Waals surface area contributed by atoms with Crippen molar-refractivity contribution >= 4 is 5.78 Å². The third-order valence-electron chi connectivity index (χ3n) is 2.96. The second-order valence-corrected chi connectivity index (χ2v) is 3.95. The molecule has 3 nitrogen and oxygen atoms in total. The second-order valence-electron chi connectivity index (χ2n) is 3.95. The molecular formula is C11H17NO2. The minimum Gasteiger partial charge on any atom is -0.375 e. The zero-order valence-corrected chi connectivity index (χ0v) is 8.66.